The average molecular weight is 318 g/mol. The molecule has 0 aromatic carbocycles. The Hall–Kier alpha value is -1.54. The molecule has 3 aliphatic heterocycles. The zero-order valence-corrected chi connectivity index (χ0v) is 13.0. The lowest BCUT2D eigenvalue weighted by molar-refractivity contribution is -0.187. The molecular weight excluding hydrogens is 296 g/mol. The Morgan fingerprint density at radius 2 is 2.04 bits per heavy atom. The Morgan fingerprint density at radius 3 is 2.74 bits per heavy atom. The van der Waals surface area contributed by atoms with Gasteiger partial charge in [-0.25, -0.2) is 10.9 Å². The minimum Gasteiger partial charge on any atom is -0.347 e. The predicted molar refractivity (Wildman–Crippen MR) is 82.1 cm³/mol. The summed E-state index contributed by atoms with van der Waals surface area (Å²) in [6, 6.07) is 3.87. The zero-order valence-electron chi connectivity index (χ0n) is 13.0. The van der Waals surface area contributed by atoms with Crippen LogP contribution in [0.15, 0.2) is 24.5 Å². The van der Waals surface area contributed by atoms with Crippen LogP contribution in [0.3, 0.4) is 0 Å². The van der Waals surface area contributed by atoms with Gasteiger partial charge in [-0.15, -0.1) is 0 Å². The molecule has 2 unspecified atom stereocenters. The molecule has 0 radical (unpaired) electrons. The SMILES string of the molecule is O=C(C1CC(c2cccnc2)NN1)N1CCC2(CC1)OCCO2. The highest BCUT2D eigenvalue weighted by molar-refractivity contribution is 5.82. The molecule has 1 spiro atoms. The van der Waals surface area contributed by atoms with Gasteiger partial charge in [-0.05, 0) is 18.1 Å². The van der Waals surface area contributed by atoms with E-state index in [9.17, 15) is 4.79 Å². The summed E-state index contributed by atoms with van der Waals surface area (Å²) in [6.45, 7) is 2.70. The first kappa shape index (κ1) is 15.0. The summed E-state index contributed by atoms with van der Waals surface area (Å²) in [7, 11) is 0. The van der Waals surface area contributed by atoms with Crippen LogP contribution in [0.4, 0.5) is 0 Å². The number of likely N-dealkylation sites (tertiary alicyclic amines) is 1. The molecule has 3 saturated heterocycles. The number of amides is 1. The van der Waals surface area contributed by atoms with E-state index in [1.165, 1.54) is 0 Å². The van der Waals surface area contributed by atoms with Crippen LogP contribution in [0.2, 0.25) is 0 Å². The normalized spacial score (nSPS) is 30.0. The van der Waals surface area contributed by atoms with Crippen LogP contribution in [0.5, 0.6) is 0 Å². The number of nitrogens with zero attached hydrogens (tertiary/aromatic N) is 2. The molecule has 1 amide bonds. The van der Waals surface area contributed by atoms with E-state index in [1.54, 1.807) is 6.20 Å². The molecule has 1 aromatic rings. The largest absolute Gasteiger partial charge is 0.347 e. The first-order chi connectivity index (χ1) is 11.3. The Labute approximate surface area is 135 Å². The highest BCUT2D eigenvalue weighted by atomic mass is 16.7. The number of rotatable bonds is 2. The lowest BCUT2D eigenvalue weighted by Crippen LogP contribution is -2.52. The standard InChI is InChI=1S/C16H22N4O3/c21-15(20-6-3-16(4-7-20)22-8-9-23-16)14-10-13(18-19-14)12-2-1-5-17-11-12/h1-2,5,11,13-14,18-19H,3-4,6-10H2. The highest BCUT2D eigenvalue weighted by Gasteiger charge is 2.42. The van der Waals surface area contributed by atoms with Gasteiger partial charge in [0, 0.05) is 44.4 Å². The summed E-state index contributed by atoms with van der Waals surface area (Å²) in [6.07, 6.45) is 5.84. The lowest BCUT2D eigenvalue weighted by atomic mass is 10.00. The van der Waals surface area contributed by atoms with Gasteiger partial charge in [0.15, 0.2) is 5.79 Å². The van der Waals surface area contributed by atoms with Crippen LogP contribution in [0, 0.1) is 0 Å². The van der Waals surface area contributed by atoms with E-state index in [0.717, 1.165) is 24.8 Å². The molecule has 3 fully saturated rings. The van der Waals surface area contributed by atoms with Crippen LogP contribution in [-0.2, 0) is 14.3 Å². The molecule has 4 rings (SSSR count). The monoisotopic (exact) mass is 318 g/mol. The summed E-state index contributed by atoms with van der Waals surface area (Å²) in [5.74, 6) is -0.284. The molecule has 7 heteroatoms. The zero-order chi connectivity index (χ0) is 15.7. The molecular formula is C16H22N4O3. The first-order valence-electron chi connectivity index (χ1n) is 8.23. The number of aromatic nitrogens is 1. The van der Waals surface area contributed by atoms with Gasteiger partial charge in [-0.2, -0.15) is 0 Å². The third kappa shape index (κ3) is 2.97. The molecule has 2 atom stereocenters. The van der Waals surface area contributed by atoms with Gasteiger partial charge >= 0.3 is 0 Å². The van der Waals surface area contributed by atoms with Gasteiger partial charge in [0.25, 0.3) is 0 Å². The van der Waals surface area contributed by atoms with Crippen LogP contribution in [-0.4, -0.2) is 53.9 Å². The molecule has 2 N–H and O–H groups in total. The third-order valence-corrected chi connectivity index (χ3v) is 4.94. The molecule has 0 aliphatic carbocycles. The number of piperidine rings is 1. The number of hydrazine groups is 1. The van der Waals surface area contributed by atoms with Gasteiger partial charge in [0.2, 0.25) is 5.91 Å². The maximum atomic E-state index is 12.7. The average Bonchev–Trinajstić information content (AvgIpc) is 3.26. The van der Waals surface area contributed by atoms with Crippen molar-refractivity contribution in [3.63, 3.8) is 0 Å². The molecule has 1 aromatic heterocycles. The minimum absolute atomic E-state index is 0.121. The Kier molecular flexibility index (Phi) is 4.02. The number of carbonyl (C=O) groups is 1. The Morgan fingerprint density at radius 1 is 1.26 bits per heavy atom. The number of nitrogens with one attached hydrogen (secondary N) is 2. The van der Waals surface area contributed by atoms with E-state index in [-0.39, 0.29) is 18.0 Å². The second-order valence-corrected chi connectivity index (χ2v) is 6.35. The smallest absolute Gasteiger partial charge is 0.241 e. The van der Waals surface area contributed by atoms with Crippen molar-refractivity contribution in [2.75, 3.05) is 26.3 Å². The van der Waals surface area contributed by atoms with Crippen molar-refractivity contribution in [2.45, 2.75) is 37.1 Å². The molecule has 0 bridgehead atoms. The van der Waals surface area contributed by atoms with E-state index in [2.05, 4.69) is 15.8 Å². The summed E-state index contributed by atoms with van der Waals surface area (Å²) in [4.78, 5) is 18.8. The van der Waals surface area contributed by atoms with Crippen LogP contribution >= 0.6 is 0 Å². The fraction of sp³-hybridized carbons (Fsp3) is 0.625. The van der Waals surface area contributed by atoms with Crippen molar-refractivity contribution in [3.05, 3.63) is 30.1 Å². The van der Waals surface area contributed by atoms with E-state index in [4.69, 9.17) is 9.47 Å². The van der Waals surface area contributed by atoms with Gasteiger partial charge in [-0.3, -0.25) is 9.78 Å². The summed E-state index contributed by atoms with van der Waals surface area (Å²) >= 11 is 0. The number of ether oxygens (including phenoxy) is 2. The minimum atomic E-state index is -0.434. The van der Waals surface area contributed by atoms with Gasteiger partial charge < -0.3 is 14.4 Å². The maximum Gasteiger partial charge on any atom is 0.241 e. The number of hydrogen-bond donors (Lipinski definition) is 2. The van der Waals surface area contributed by atoms with E-state index >= 15 is 0 Å². The summed E-state index contributed by atoms with van der Waals surface area (Å²) in [5, 5.41) is 0. The van der Waals surface area contributed by atoms with Gasteiger partial charge in [0.1, 0.15) is 6.04 Å². The summed E-state index contributed by atoms with van der Waals surface area (Å²) < 4.78 is 11.4. The van der Waals surface area contributed by atoms with Gasteiger partial charge in [-0.1, -0.05) is 6.07 Å². The lowest BCUT2D eigenvalue weighted by Gasteiger charge is -2.38. The van der Waals surface area contributed by atoms with Crippen LogP contribution < -0.4 is 10.9 Å². The molecule has 4 heterocycles. The fourth-order valence-corrected chi connectivity index (χ4v) is 3.59. The quantitative estimate of drug-likeness (QED) is 0.820. The van der Waals surface area contributed by atoms with Crippen molar-refractivity contribution in [1.29, 1.82) is 0 Å². The topological polar surface area (TPSA) is 75.7 Å². The molecule has 23 heavy (non-hydrogen) atoms. The highest BCUT2D eigenvalue weighted by Crippen LogP contribution is 2.32. The predicted octanol–water partition coefficient (Wildman–Crippen LogP) is 0.355. The number of hydrogen-bond acceptors (Lipinski definition) is 6. The van der Waals surface area contributed by atoms with Crippen molar-refractivity contribution in [2.24, 2.45) is 0 Å². The first-order valence-corrected chi connectivity index (χ1v) is 8.23. The van der Waals surface area contributed by atoms with E-state index < -0.39 is 5.79 Å². The fourth-order valence-electron chi connectivity index (χ4n) is 3.59. The van der Waals surface area contributed by atoms with Gasteiger partial charge in [0.05, 0.1) is 13.2 Å². The van der Waals surface area contributed by atoms with Crippen molar-refractivity contribution in [1.82, 2.24) is 20.7 Å². The Balaban J connectivity index is 1.34. The van der Waals surface area contributed by atoms with Crippen molar-refractivity contribution in [3.8, 4) is 0 Å². The maximum absolute atomic E-state index is 12.7. The Bertz CT molecular complexity index is 552. The van der Waals surface area contributed by atoms with Crippen LogP contribution in [0.25, 0.3) is 0 Å². The molecule has 0 saturated carbocycles. The van der Waals surface area contributed by atoms with E-state index in [0.29, 0.717) is 26.3 Å². The van der Waals surface area contributed by atoms with Crippen molar-refractivity contribution < 1.29 is 14.3 Å². The third-order valence-electron chi connectivity index (χ3n) is 4.94. The molecule has 7 nitrogen and oxygen atoms in total. The second kappa shape index (κ2) is 6.16. The van der Waals surface area contributed by atoms with Crippen LogP contribution in [0.1, 0.15) is 30.9 Å². The molecule has 3 aliphatic rings. The van der Waals surface area contributed by atoms with Crippen molar-refractivity contribution >= 4 is 5.91 Å². The summed E-state index contributed by atoms with van der Waals surface area (Å²) in [5.41, 5.74) is 7.43. The number of pyridine rings is 1. The second-order valence-electron chi connectivity index (χ2n) is 6.35. The molecule has 124 valence electrons. The number of carbonyl (C=O) groups excluding carboxylic acids is 1. The van der Waals surface area contributed by atoms with E-state index in [1.807, 2.05) is 23.2 Å².